The van der Waals surface area contributed by atoms with E-state index in [9.17, 15) is 13.2 Å². The van der Waals surface area contributed by atoms with E-state index in [0.717, 1.165) is 5.01 Å². The summed E-state index contributed by atoms with van der Waals surface area (Å²) in [5, 5.41) is 0.915. The van der Waals surface area contributed by atoms with Crippen molar-refractivity contribution in [3.8, 4) is 0 Å². The Hall–Kier alpha value is -0.950. The molecule has 1 unspecified atom stereocenters. The third-order valence-electron chi connectivity index (χ3n) is 3.27. The Morgan fingerprint density at radius 3 is 2.70 bits per heavy atom. The summed E-state index contributed by atoms with van der Waals surface area (Å²) in [6, 6.07) is 0. The molecular formula is C13H19NO4S2. The van der Waals surface area contributed by atoms with Crippen molar-refractivity contribution in [2.45, 2.75) is 33.1 Å². The van der Waals surface area contributed by atoms with Gasteiger partial charge < -0.3 is 4.74 Å². The van der Waals surface area contributed by atoms with Gasteiger partial charge in [-0.05, 0) is 13.3 Å². The van der Waals surface area contributed by atoms with Crippen molar-refractivity contribution in [1.82, 2.24) is 4.98 Å². The molecule has 0 spiro atoms. The van der Waals surface area contributed by atoms with E-state index in [-0.39, 0.29) is 29.9 Å². The van der Waals surface area contributed by atoms with Crippen molar-refractivity contribution in [3.63, 3.8) is 0 Å². The molecule has 7 heteroatoms. The number of esters is 1. The molecular weight excluding hydrogens is 298 g/mol. The van der Waals surface area contributed by atoms with Crippen LogP contribution in [0.15, 0.2) is 0 Å². The Labute approximate surface area is 123 Å². The van der Waals surface area contributed by atoms with Gasteiger partial charge in [-0.15, -0.1) is 11.3 Å². The Kier molecular flexibility index (Phi) is 4.49. The molecule has 1 saturated heterocycles. The lowest BCUT2D eigenvalue weighted by atomic mass is 10.1. The second-order valence-electron chi connectivity index (χ2n) is 5.49. The van der Waals surface area contributed by atoms with Crippen LogP contribution in [0.3, 0.4) is 0 Å². The number of carbonyl (C=O) groups is 1. The first-order valence-electron chi connectivity index (χ1n) is 6.63. The van der Waals surface area contributed by atoms with E-state index in [1.165, 1.54) is 11.3 Å². The van der Waals surface area contributed by atoms with Crippen molar-refractivity contribution in [1.29, 1.82) is 0 Å². The topological polar surface area (TPSA) is 73.3 Å². The van der Waals surface area contributed by atoms with Crippen LogP contribution < -0.4 is 0 Å². The summed E-state index contributed by atoms with van der Waals surface area (Å²) < 4.78 is 27.9. The van der Waals surface area contributed by atoms with Gasteiger partial charge in [0.2, 0.25) is 0 Å². The van der Waals surface area contributed by atoms with Crippen molar-refractivity contribution < 1.29 is 17.9 Å². The predicted molar refractivity (Wildman–Crippen MR) is 78.0 cm³/mol. The molecule has 1 aliphatic heterocycles. The zero-order valence-corrected chi connectivity index (χ0v) is 13.5. The van der Waals surface area contributed by atoms with Crippen LogP contribution >= 0.6 is 11.3 Å². The third kappa shape index (κ3) is 3.58. The average molecular weight is 317 g/mol. The maximum atomic E-state index is 12.0. The molecule has 2 rings (SSSR count). The molecule has 1 aliphatic rings. The number of hydrogen-bond donors (Lipinski definition) is 0. The summed E-state index contributed by atoms with van der Waals surface area (Å²) in [7, 11) is -2.92. The highest BCUT2D eigenvalue weighted by Gasteiger charge is 2.29. The maximum absolute atomic E-state index is 12.0. The lowest BCUT2D eigenvalue weighted by Crippen LogP contribution is -2.15. The van der Waals surface area contributed by atoms with Crippen LogP contribution in [0.2, 0.25) is 0 Å². The molecule has 0 bridgehead atoms. The van der Waals surface area contributed by atoms with E-state index in [2.05, 4.69) is 4.98 Å². The minimum absolute atomic E-state index is 0.0678. The van der Waals surface area contributed by atoms with E-state index < -0.39 is 15.8 Å². The first-order valence-corrected chi connectivity index (χ1v) is 9.27. The van der Waals surface area contributed by atoms with Gasteiger partial charge in [0.1, 0.15) is 4.88 Å². The molecule has 1 aromatic rings. The van der Waals surface area contributed by atoms with Crippen molar-refractivity contribution in [2.24, 2.45) is 5.92 Å². The average Bonchev–Trinajstić information content (AvgIpc) is 2.89. The second-order valence-corrected chi connectivity index (χ2v) is 8.75. The summed E-state index contributed by atoms with van der Waals surface area (Å²) >= 11 is 1.35. The maximum Gasteiger partial charge on any atom is 0.350 e. The number of hydrogen-bond acceptors (Lipinski definition) is 6. The van der Waals surface area contributed by atoms with Crippen LogP contribution in [-0.4, -0.2) is 37.5 Å². The van der Waals surface area contributed by atoms with Gasteiger partial charge in [0.05, 0.1) is 28.8 Å². The highest BCUT2D eigenvalue weighted by molar-refractivity contribution is 7.91. The molecule has 0 amide bonds. The van der Waals surface area contributed by atoms with Gasteiger partial charge >= 0.3 is 5.97 Å². The van der Waals surface area contributed by atoms with Gasteiger partial charge in [0.15, 0.2) is 9.84 Å². The van der Waals surface area contributed by atoms with Crippen LogP contribution in [0.4, 0.5) is 0 Å². The second kappa shape index (κ2) is 5.81. The number of carbonyl (C=O) groups excluding carboxylic acids is 1. The zero-order valence-electron chi connectivity index (χ0n) is 11.9. The minimum atomic E-state index is -2.92. The molecule has 1 fully saturated rings. The molecule has 1 aromatic heterocycles. The number of nitrogens with zero attached hydrogens (tertiary/aromatic N) is 1. The highest BCUT2D eigenvalue weighted by Crippen LogP contribution is 2.26. The van der Waals surface area contributed by atoms with Gasteiger partial charge in [-0.3, -0.25) is 0 Å². The van der Waals surface area contributed by atoms with E-state index in [0.29, 0.717) is 17.0 Å². The monoisotopic (exact) mass is 317 g/mol. The largest absolute Gasteiger partial charge is 0.461 e. The number of aryl methyl sites for hydroxylation is 1. The normalized spacial score (nSPS) is 21.3. The van der Waals surface area contributed by atoms with Crippen LogP contribution in [-0.2, 0) is 14.6 Å². The van der Waals surface area contributed by atoms with Crippen LogP contribution in [0, 0.1) is 12.8 Å². The first kappa shape index (κ1) is 15.4. The van der Waals surface area contributed by atoms with Crippen LogP contribution in [0.25, 0.3) is 0 Å². The Bertz CT molecular complexity index is 604. The fourth-order valence-electron chi connectivity index (χ4n) is 2.12. The first-order chi connectivity index (χ1) is 9.28. The van der Waals surface area contributed by atoms with Gasteiger partial charge in [0.25, 0.3) is 0 Å². The number of thiazole rings is 1. The number of sulfone groups is 1. The summed E-state index contributed by atoms with van der Waals surface area (Å²) in [6.45, 7) is 6.01. The van der Waals surface area contributed by atoms with Crippen LogP contribution in [0.5, 0.6) is 0 Å². The Morgan fingerprint density at radius 2 is 2.20 bits per heavy atom. The zero-order chi connectivity index (χ0) is 14.9. The third-order valence-corrected chi connectivity index (χ3v) is 6.54. The molecule has 0 N–H and O–H groups in total. The lowest BCUT2D eigenvalue weighted by molar-refractivity contribution is 0.0458. The SMILES string of the molecule is Cc1nc(C(C)C)sc1C(=O)OCC1CCS(=O)(=O)C1. The van der Waals surface area contributed by atoms with Crippen molar-refractivity contribution in [2.75, 3.05) is 18.1 Å². The molecule has 0 saturated carbocycles. The highest BCUT2D eigenvalue weighted by atomic mass is 32.2. The van der Waals surface area contributed by atoms with Gasteiger partial charge in [-0.2, -0.15) is 0 Å². The van der Waals surface area contributed by atoms with Gasteiger partial charge in [-0.25, -0.2) is 18.2 Å². The Morgan fingerprint density at radius 1 is 1.50 bits per heavy atom. The molecule has 2 heterocycles. The smallest absolute Gasteiger partial charge is 0.350 e. The van der Waals surface area contributed by atoms with E-state index in [4.69, 9.17) is 4.74 Å². The van der Waals surface area contributed by atoms with Crippen molar-refractivity contribution >= 4 is 27.1 Å². The summed E-state index contributed by atoms with van der Waals surface area (Å²) in [4.78, 5) is 16.9. The Balaban J connectivity index is 1.95. The summed E-state index contributed by atoms with van der Waals surface area (Å²) in [5.41, 5.74) is 0.683. The predicted octanol–water partition coefficient (Wildman–Crippen LogP) is 2.17. The fraction of sp³-hybridized carbons (Fsp3) is 0.692. The molecule has 5 nitrogen and oxygen atoms in total. The van der Waals surface area contributed by atoms with Crippen LogP contribution in [0.1, 0.15) is 46.6 Å². The van der Waals surface area contributed by atoms with Crippen molar-refractivity contribution in [3.05, 3.63) is 15.6 Å². The molecule has 1 atom stereocenters. The molecule has 0 aliphatic carbocycles. The lowest BCUT2D eigenvalue weighted by Gasteiger charge is -2.08. The van der Waals surface area contributed by atoms with Gasteiger partial charge in [-0.1, -0.05) is 13.8 Å². The molecule has 0 radical (unpaired) electrons. The summed E-state index contributed by atoms with van der Waals surface area (Å²) in [6.07, 6.45) is 0.578. The molecule has 20 heavy (non-hydrogen) atoms. The van der Waals surface area contributed by atoms with E-state index in [1.807, 2.05) is 13.8 Å². The van der Waals surface area contributed by atoms with E-state index in [1.54, 1.807) is 6.92 Å². The number of ether oxygens (including phenoxy) is 1. The quantitative estimate of drug-likeness (QED) is 0.796. The standard InChI is InChI=1S/C13H19NO4S2/c1-8(2)12-14-9(3)11(19-12)13(15)18-6-10-4-5-20(16,17)7-10/h8,10H,4-7H2,1-3H3. The number of aromatic nitrogens is 1. The number of rotatable bonds is 4. The molecule has 112 valence electrons. The minimum Gasteiger partial charge on any atom is -0.461 e. The molecule has 0 aromatic carbocycles. The van der Waals surface area contributed by atoms with E-state index >= 15 is 0 Å². The summed E-state index contributed by atoms with van der Waals surface area (Å²) in [5.74, 6) is 0.143. The van der Waals surface area contributed by atoms with Gasteiger partial charge in [0, 0.05) is 11.8 Å². The fourth-order valence-corrected chi connectivity index (χ4v) is 4.92.